The number of nitrogens with zero attached hydrogens (tertiary/aromatic N) is 2. The van der Waals surface area contributed by atoms with Crippen molar-refractivity contribution < 1.29 is 18.3 Å². The second kappa shape index (κ2) is 10.5. The minimum atomic E-state index is -4.31. The number of aliphatic hydroxyl groups is 1. The van der Waals surface area contributed by atoms with Gasteiger partial charge in [-0.2, -0.15) is 13.2 Å². The largest absolute Gasteiger partial charge is 0.416 e. The summed E-state index contributed by atoms with van der Waals surface area (Å²) in [5.74, 6) is 0.659. The molecule has 1 aromatic carbocycles. The summed E-state index contributed by atoms with van der Waals surface area (Å²) in [6.45, 7) is 6.59. The number of alkyl halides is 3. The molecule has 0 amide bonds. The predicted molar refractivity (Wildman–Crippen MR) is 101 cm³/mol. The zero-order valence-corrected chi connectivity index (χ0v) is 15.7. The van der Waals surface area contributed by atoms with Crippen molar-refractivity contribution in [1.29, 1.82) is 0 Å². The molecule has 0 bridgehead atoms. The summed E-state index contributed by atoms with van der Waals surface area (Å²) in [5, 5.41) is 15.9. The Balaban J connectivity index is 1.76. The monoisotopic (exact) mass is 386 g/mol. The Hall–Kier alpha value is -1.80. The highest BCUT2D eigenvalue weighted by Gasteiger charge is 2.29. The standard InChI is InChI=1S/C19H29F3N4O/c1-2-23-18(24-10-3-11-26-12-8-17(27)9-13-26)25-14-15-4-6-16(7-5-15)19(20,21)22/h4-7,17,27H,2-3,8-14H2,1H3,(H2,23,24,25). The van der Waals surface area contributed by atoms with Crippen LogP contribution >= 0.6 is 0 Å². The minimum absolute atomic E-state index is 0.155. The van der Waals surface area contributed by atoms with Crippen molar-refractivity contribution >= 4 is 5.96 Å². The summed E-state index contributed by atoms with van der Waals surface area (Å²) < 4.78 is 37.8. The van der Waals surface area contributed by atoms with Crippen molar-refractivity contribution in [3.05, 3.63) is 35.4 Å². The van der Waals surface area contributed by atoms with Crippen LogP contribution in [0.1, 0.15) is 37.3 Å². The molecule has 0 radical (unpaired) electrons. The molecule has 1 aliphatic rings. The quantitative estimate of drug-likeness (QED) is 0.383. The number of hydrogen-bond acceptors (Lipinski definition) is 3. The summed E-state index contributed by atoms with van der Waals surface area (Å²) in [6.07, 6.45) is -1.84. The van der Waals surface area contributed by atoms with Gasteiger partial charge in [-0.25, -0.2) is 4.99 Å². The van der Waals surface area contributed by atoms with Crippen LogP contribution in [0.5, 0.6) is 0 Å². The van der Waals surface area contributed by atoms with E-state index in [0.29, 0.717) is 19.0 Å². The third-order valence-electron chi connectivity index (χ3n) is 4.55. The van der Waals surface area contributed by atoms with Gasteiger partial charge >= 0.3 is 6.18 Å². The summed E-state index contributed by atoms with van der Waals surface area (Å²) in [4.78, 5) is 6.78. The first kappa shape index (κ1) is 21.5. The van der Waals surface area contributed by atoms with Gasteiger partial charge in [0, 0.05) is 26.2 Å². The van der Waals surface area contributed by atoms with Crippen molar-refractivity contribution in [1.82, 2.24) is 15.5 Å². The van der Waals surface area contributed by atoms with E-state index in [1.165, 1.54) is 12.1 Å². The van der Waals surface area contributed by atoms with Crippen LogP contribution < -0.4 is 10.6 Å². The molecule has 152 valence electrons. The molecular weight excluding hydrogens is 357 g/mol. The average Bonchev–Trinajstić information content (AvgIpc) is 2.64. The molecule has 1 saturated heterocycles. The molecule has 1 heterocycles. The van der Waals surface area contributed by atoms with E-state index in [1.807, 2.05) is 6.92 Å². The summed E-state index contributed by atoms with van der Waals surface area (Å²) in [5.41, 5.74) is 0.0811. The molecule has 5 nitrogen and oxygen atoms in total. The Morgan fingerprint density at radius 1 is 1.19 bits per heavy atom. The third-order valence-corrected chi connectivity index (χ3v) is 4.55. The van der Waals surface area contributed by atoms with Crippen LogP contribution in [-0.4, -0.2) is 54.8 Å². The number of hydrogen-bond donors (Lipinski definition) is 3. The van der Waals surface area contributed by atoms with E-state index < -0.39 is 11.7 Å². The third kappa shape index (κ3) is 7.76. The molecule has 0 spiro atoms. The molecule has 1 aromatic rings. The number of aliphatic hydroxyl groups excluding tert-OH is 1. The van der Waals surface area contributed by atoms with Crippen LogP contribution in [-0.2, 0) is 12.7 Å². The molecule has 0 aliphatic carbocycles. The van der Waals surface area contributed by atoms with Gasteiger partial charge in [0.15, 0.2) is 5.96 Å². The van der Waals surface area contributed by atoms with Crippen molar-refractivity contribution in [3.8, 4) is 0 Å². The highest BCUT2D eigenvalue weighted by atomic mass is 19.4. The maximum absolute atomic E-state index is 12.6. The van der Waals surface area contributed by atoms with Gasteiger partial charge in [0.05, 0.1) is 18.2 Å². The molecule has 1 aliphatic heterocycles. The molecule has 0 aromatic heterocycles. The minimum Gasteiger partial charge on any atom is -0.393 e. The number of piperidine rings is 1. The van der Waals surface area contributed by atoms with Gasteiger partial charge in [0.1, 0.15) is 0 Å². The lowest BCUT2D eigenvalue weighted by Crippen LogP contribution is -2.40. The zero-order valence-electron chi connectivity index (χ0n) is 15.7. The Labute approximate surface area is 158 Å². The number of halogens is 3. The Bertz CT molecular complexity index is 582. The SMILES string of the molecule is CCNC(=NCc1ccc(C(F)(F)F)cc1)NCCCN1CCC(O)CC1. The fraction of sp³-hybridized carbons (Fsp3) is 0.632. The Morgan fingerprint density at radius 3 is 2.44 bits per heavy atom. The van der Waals surface area contributed by atoms with E-state index in [-0.39, 0.29) is 6.10 Å². The van der Waals surface area contributed by atoms with Crippen LogP contribution in [0.15, 0.2) is 29.3 Å². The van der Waals surface area contributed by atoms with Crippen molar-refractivity contribution in [2.75, 3.05) is 32.7 Å². The van der Waals surface area contributed by atoms with E-state index in [4.69, 9.17) is 0 Å². The molecule has 27 heavy (non-hydrogen) atoms. The van der Waals surface area contributed by atoms with E-state index in [9.17, 15) is 18.3 Å². The molecule has 0 saturated carbocycles. The van der Waals surface area contributed by atoms with Crippen LogP contribution in [0.4, 0.5) is 13.2 Å². The van der Waals surface area contributed by atoms with Crippen molar-refractivity contribution in [3.63, 3.8) is 0 Å². The number of guanidine groups is 1. The van der Waals surface area contributed by atoms with E-state index >= 15 is 0 Å². The summed E-state index contributed by atoms with van der Waals surface area (Å²) >= 11 is 0. The number of benzene rings is 1. The first-order valence-corrected chi connectivity index (χ1v) is 9.47. The van der Waals surface area contributed by atoms with Gasteiger partial charge in [-0.15, -0.1) is 0 Å². The number of likely N-dealkylation sites (tertiary alicyclic amines) is 1. The lowest BCUT2D eigenvalue weighted by atomic mass is 10.1. The fourth-order valence-electron chi connectivity index (χ4n) is 2.96. The second-order valence-electron chi connectivity index (χ2n) is 6.74. The molecule has 0 unspecified atom stereocenters. The highest BCUT2D eigenvalue weighted by molar-refractivity contribution is 5.79. The van der Waals surface area contributed by atoms with E-state index in [1.54, 1.807) is 0 Å². The van der Waals surface area contributed by atoms with Crippen molar-refractivity contribution in [2.24, 2.45) is 4.99 Å². The van der Waals surface area contributed by atoms with E-state index in [0.717, 1.165) is 63.1 Å². The first-order chi connectivity index (χ1) is 12.9. The van der Waals surface area contributed by atoms with Crippen LogP contribution in [0.2, 0.25) is 0 Å². The number of aliphatic imine (C=N–C) groups is 1. The number of nitrogens with one attached hydrogen (secondary N) is 2. The van der Waals surface area contributed by atoms with Crippen LogP contribution in [0.25, 0.3) is 0 Å². The molecular formula is C19H29F3N4O. The zero-order chi connectivity index (χ0) is 19.7. The number of rotatable bonds is 7. The van der Waals surface area contributed by atoms with E-state index in [2.05, 4.69) is 20.5 Å². The average molecular weight is 386 g/mol. The normalized spacial score (nSPS) is 17.1. The second-order valence-corrected chi connectivity index (χ2v) is 6.74. The molecule has 8 heteroatoms. The Morgan fingerprint density at radius 2 is 1.85 bits per heavy atom. The maximum Gasteiger partial charge on any atom is 0.416 e. The highest BCUT2D eigenvalue weighted by Crippen LogP contribution is 2.29. The fourth-order valence-corrected chi connectivity index (χ4v) is 2.96. The van der Waals surface area contributed by atoms with Crippen molar-refractivity contribution in [2.45, 2.75) is 45.0 Å². The molecule has 2 rings (SSSR count). The first-order valence-electron chi connectivity index (χ1n) is 9.47. The van der Waals surface area contributed by atoms with Gasteiger partial charge in [0.2, 0.25) is 0 Å². The lowest BCUT2D eigenvalue weighted by molar-refractivity contribution is -0.137. The van der Waals surface area contributed by atoms with Gasteiger partial charge < -0.3 is 20.6 Å². The smallest absolute Gasteiger partial charge is 0.393 e. The predicted octanol–water partition coefficient (Wildman–Crippen LogP) is 2.61. The lowest BCUT2D eigenvalue weighted by Gasteiger charge is -2.29. The van der Waals surface area contributed by atoms with Gasteiger partial charge in [-0.1, -0.05) is 12.1 Å². The Kier molecular flexibility index (Phi) is 8.37. The topological polar surface area (TPSA) is 59.9 Å². The van der Waals surface area contributed by atoms with Crippen LogP contribution in [0.3, 0.4) is 0 Å². The van der Waals surface area contributed by atoms with Gasteiger partial charge in [-0.3, -0.25) is 0 Å². The summed E-state index contributed by atoms with van der Waals surface area (Å²) in [7, 11) is 0. The molecule has 1 fully saturated rings. The van der Waals surface area contributed by atoms with Gasteiger partial charge in [-0.05, 0) is 50.4 Å². The van der Waals surface area contributed by atoms with Gasteiger partial charge in [0.25, 0.3) is 0 Å². The molecule has 0 atom stereocenters. The molecule has 3 N–H and O–H groups in total. The van der Waals surface area contributed by atoms with Crippen LogP contribution in [0, 0.1) is 0 Å². The maximum atomic E-state index is 12.6. The summed E-state index contributed by atoms with van der Waals surface area (Å²) in [6, 6.07) is 5.09.